The minimum Gasteiger partial charge on any atom is -0.493 e. The summed E-state index contributed by atoms with van der Waals surface area (Å²) in [6.07, 6.45) is 15.3. The highest BCUT2D eigenvalue weighted by Gasteiger charge is 2.37. The zero-order valence-corrected chi connectivity index (χ0v) is 31.6. The number of allylic oxidation sites excluding steroid dienone is 1. The molecule has 7 atom stereocenters. The molecular formula is C40H60ClN3O3S. The zero-order chi connectivity index (χ0) is 34.5. The number of hydrogen-bond donors (Lipinski definition) is 1. The molecule has 1 aliphatic heterocycles. The Labute approximate surface area is 298 Å². The van der Waals surface area contributed by atoms with Crippen LogP contribution in [0.25, 0.3) is 0 Å². The van der Waals surface area contributed by atoms with Gasteiger partial charge in [-0.15, -0.1) is 0 Å². The average molecular weight is 698 g/mol. The molecule has 7 unspecified atom stereocenters. The van der Waals surface area contributed by atoms with Gasteiger partial charge < -0.3 is 14.5 Å². The zero-order valence-electron chi connectivity index (χ0n) is 30.0. The van der Waals surface area contributed by atoms with Crippen molar-refractivity contribution in [3.05, 3.63) is 76.3 Å². The lowest BCUT2D eigenvalue weighted by atomic mass is 9.66. The minimum absolute atomic E-state index is 0.122. The van der Waals surface area contributed by atoms with Gasteiger partial charge in [0, 0.05) is 41.4 Å². The molecule has 48 heavy (non-hydrogen) atoms. The van der Waals surface area contributed by atoms with E-state index in [9.17, 15) is 9.00 Å². The van der Waals surface area contributed by atoms with E-state index < -0.39 is 11.0 Å². The lowest BCUT2D eigenvalue weighted by Gasteiger charge is -2.45. The molecular weight excluding hydrogens is 638 g/mol. The van der Waals surface area contributed by atoms with E-state index >= 15 is 0 Å². The van der Waals surface area contributed by atoms with Crippen molar-refractivity contribution in [1.82, 2.24) is 14.5 Å². The normalized spacial score (nSPS) is 21.8. The summed E-state index contributed by atoms with van der Waals surface area (Å²) in [7, 11) is 3.06. The van der Waals surface area contributed by atoms with Crippen LogP contribution in [0.15, 0.2) is 54.6 Å². The van der Waals surface area contributed by atoms with Gasteiger partial charge in [-0.3, -0.25) is 4.79 Å². The van der Waals surface area contributed by atoms with Gasteiger partial charge in [-0.05, 0) is 144 Å². The van der Waals surface area contributed by atoms with E-state index in [0.29, 0.717) is 35.8 Å². The van der Waals surface area contributed by atoms with Gasteiger partial charge in [0.25, 0.3) is 0 Å². The molecule has 0 spiro atoms. The predicted octanol–water partition coefficient (Wildman–Crippen LogP) is 8.18. The first-order valence-electron chi connectivity index (χ1n) is 18.3. The smallest absolute Gasteiger partial charge is 0.150 e. The van der Waals surface area contributed by atoms with Crippen molar-refractivity contribution in [2.75, 3.05) is 53.4 Å². The van der Waals surface area contributed by atoms with Crippen molar-refractivity contribution in [3.63, 3.8) is 0 Å². The minimum atomic E-state index is -0.997. The number of likely N-dealkylation sites (N-methyl/N-ethyl adjacent to an activating group) is 1. The van der Waals surface area contributed by atoms with Gasteiger partial charge in [-0.2, -0.15) is 0 Å². The summed E-state index contributed by atoms with van der Waals surface area (Å²) in [5, 5.41) is 0.903. The SMILES string of the molecule is CCCc1cc(Cl)ccc1C(COc1ccc(C=O)cc1)CN(C)CC1CCC1C(/C=C/CC(C)C(C)S(=O)NC)CN1CCCCC1. The van der Waals surface area contributed by atoms with Crippen LogP contribution >= 0.6 is 11.6 Å². The second kappa shape index (κ2) is 20.0. The van der Waals surface area contributed by atoms with Gasteiger partial charge in [0.2, 0.25) is 0 Å². The maximum atomic E-state index is 12.3. The molecule has 0 bridgehead atoms. The Morgan fingerprint density at radius 2 is 1.85 bits per heavy atom. The van der Waals surface area contributed by atoms with Gasteiger partial charge in [0.15, 0.2) is 0 Å². The van der Waals surface area contributed by atoms with Gasteiger partial charge in [0.05, 0.1) is 17.6 Å². The summed E-state index contributed by atoms with van der Waals surface area (Å²) in [6, 6.07) is 13.7. The molecule has 1 aliphatic carbocycles. The first-order chi connectivity index (χ1) is 23.2. The molecule has 2 aromatic rings. The van der Waals surface area contributed by atoms with Crippen LogP contribution in [0.4, 0.5) is 0 Å². The second-order valence-electron chi connectivity index (χ2n) is 14.4. The highest BCUT2D eigenvalue weighted by Crippen LogP contribution is 2.42. The molecule has 8 heteroatoms. The number of likely N-dealkylation sites (tertiary alicyclic amines) is 1. The third-order valence-electron chi connectivity index (χ3n) is 10.8. The highest BCUT2D eigenvalue weighted by molar-refractivity contribution is 7.83. The number of hydrogen-bond acceptors (Lipinski definition) is 5. The molecule has 6 nitrogen and oxygen atoms in total. The van der Waals surface area contributed by atoms with Crippen LogP contribution in [0.3, 0.4) is 0 Å². The number of nitrogens with zero attached hydrogens (tertiary/aromatic N) is 2. The quantitative estimate of drug-likeness (QED) is 0.112. The third-order valence-corrected chi connectivity index (χ3v) is 12.6. The molecule has 0 amide bonds. The first kappa shape index (κ1) is 38.8. The Kier molecular flexibility index (Phi) is 16.1. The molecule has 1 heterocycles. The van der Waals surface area contributed by atoms with Crippen LogP contribution in [0.5, 0.6) is 5.75 Å². The maximum absolute atomic E-state index is 12.3. The Morgan fingerprint density at radius 1 is 1.10 bits per heavy atom. The summed E-state index contributed by atoms with van der Waals surface area (Å²) < 4.78 is 21.6. The van der Waals surface area contributed by atoms with Gasteiger partial charge >= 0.3 is 0 Å². The number of benzene rings is 2. The second-order valence-corrected chi connectivity index (χ2v) is 16.6. The number of aldehydes is 1. The van der Waals surface area contributed by atoms with Crippen LogP contribution in [0, 0.1) is 23.7 Å². The summed E-state index contributed by atoms with van der Waals surface area (Å²) >= 11 is 6.47. The van der Waals surface area contributed by atoms with E-state index in [1.165, 1.54) is 56.3 Å². The van der Waals surface area contributed by atoms with Crippen LogP contribution in [0.1, 0.15) is 93.1 Å². The number of piperidine rings is 1. The van der Waals surface area contributed by atoms with Crippen molar-refractivity contribution in [3.8, 4) is 5.75 Å². The van der Waals surface area contributed by atoms with Crippen molar-refractivity contribution < 1.29 is 13.7 Å². The molecule has 266 valence electrons. The number of rotatable bonds is 20. The van der Waals surface area contributed by atoms with Gasteiger partial charge in [-0.25, -0.2) is 8.93 Å². The summed E-state index contributed by atoms with van der Waals surface area (Å²) in [5.74, 6) is 3.23. The Hall–Kier alpha value is -2.03. The van der Waals surface area contributed by atoms with Gasteiger partial charge in [0.1, 0.15) is 12.0 Å². The molecule has 2 fully saturated rings. The Balaban J connectivity index is 1.45. The standard InChI is InChI=1S/C40H60ClN3O3S/c1-6-11-33-24-37(41)17-21-39(33)36(29-47-38-18-14-32(28-45)15-19-38)26-43(5)25-35-16-20-40(35)34(27-44-22-8-7-9-23-44)13-10-12-30(2)31(3)48(46)42-4/h10,13-15,17-19,21,24,28,30-31,34-36,40,42H,6-9,11-12,16,20,22-23,25-27,29H2,1-5H3/b13-10+. The lowest BCUT2D eigenvalue weighted by molar-refractivity contribution is 0.0636. The number of ether oxygens (including phenoxy) is 1. The molecule has 0 aromatic heterocycles. The number of nitrogens with one attached hydrogen (secondary N) is 1. The molecule has 1 N–H and O–H groups in total. The molecule has 2 aliphatic rings. The van der Waals surface area contributed by atoms with E-state index in [1.807, 2.05) is 30.3 Å². The van der Waals surface area contributed by atoms with E-state index in [1.54, 1.807) is 7.05 Å². The van der Waals surface area contributed by atoms with Crippen LogP contribution in [-0.2, 0) is 17.4 Å². The summed E-state index contributed by atoms with van der Waals surface area (Å²) in [6.45, 7) is 12.7. The highest BCUT2D eigenvalue weighted by atomic mass is 35.5. The largest absolute Gasteiger partial charge is 0.493 e. The van der Waals surface area contributed by atoms with E-state index in [-0.39, 0.29) is 11.2 Å². The molecule has 0 radical (unpaired) electrons. The molecule has 4 rings (SSSR count). The van der Waals surface area contributed by atoms with Crippen LogP contribution in [-0.4, -0.2) is 79.0 Å². The summed E-state index contributed by atoms with van der Waals surface area (Å²) in [5.41, 5.74) is 3.27. The summed E-state index contributed by atoms with van der Waals surface area (Å²) in [4.78, 5) is 16.4. The predicted molar refractivity (Wildman–Crippen MR) is 203 cm³/mol. The third kappa shape index (κ3) is 11.5. The van der Waals surface area contributed by atoms with Crippen molar-refractivity contribution >= 4 is 28.9 Å². The Morgan fingerprint density at radius 3 is 2.50 bits per heavy atom. The van der Waals surface area contributed by atoms with Crippen LogP contribution in [0.2, 0.25) is 5.02 Å². The fraction of sp³-hybridized carbons (Fsp3) is 0.625. The molecule has 1 saturated carbocycles. The topological polar surface area (TPSA) is 61.9 Å². The molecule has 2 aromatic carbocycles. The number of carbonyl (C=O) groups is 1. The van der Waals surface area contributed by atoms with Crippen molar-refractivity contribution in [2.45, 2.75) is 83.3 Å². The maximum Gasteiger partial charge on any atom is 0.150 e. The van der Waals surface area contributed by atoms with E-state index in [0.717, 1.165) is 56.0 Å². The first-order valence-corrected chi connectivity index (χ1v) is 19.9. The fourth-order valence-electron chi connectivity index (χ4n) is 7.61. The number of aryl methyl sites for hydroxylation is 1. The number of carbonyl (C=O) groups excluding carboxylic acids is 1. The number of halogens is 1. The molecule has 1 saturated heterocycles. The van der Waals surface area contributed by atoms with Crippen LogP contribution < -0.4 is 9.46 Å². The van der Waals surface area contributed by atoms with E-state index in [4.69, 9.17) is 16.3 Å². The van der Waals surface area contributed by atoms with Crippen molar-refractivity contribution in [1.29, 1.82) is 0 Å². The average Bonchev–Trinajstić information content (AvgIpc) is 3.08. The van der Waals surface area contributed by atoms with E-state index in [2.05, 4.69) is 66.6 Å². The van der Waals surface area contributed by atoms with Gasteiger partial charge in [-0.1, -0.05) is 56.5 Å². The lowest BCUT2D eigenvalue weighted by Crippen LogP contribution is -2.44. The van der Waals surface area contributed by atoms with Crippen molar-refractivity contribution in [2.24, 2.45) is 23.7 Å². The monoisotopic (exact) mass is 697 g/mol. The fourth-order valence-corrected chi connectivity index (χ4v) is 8.71. The Bertz CT molecular complexity index is 1320.